The Labute approximate surface area is 150 Å². The fourth-order valence-corrected chi connectivity index (χ4v) is 2.43. The summed E-state index contributed by atoms with van der Waals surface area (Å²) in [5.74, 6) is -0.167. The molecular weight excluding hydrogens is 371 g/mol. The molecule has 3 rings (SSSR count). The highest BCUT2D eigenvalue weighted by molar-refractivity contribution is 6.34. The Morgan fingerprint density at radius 1 is 1.19 bits per heavy atom. The highest BCUT2D eigenvalue weighted by Crippen LogP contribution is 2.34. The molecule has 2 aromatic carbocycles. The van der Waals surface area contributed by atoms with Crippen LogP contribution < -0.4 is 5.32 Å². The lowest BCUT2D eigenvalue weighted by Gasteiger charge is -2.12. The molecule has 0 radical (unpaired) electrons. The maximum atomic E-state index is 12.8. The Hall–Kier alpha value is -2.94. The number of nitrogens with one attached hydrogen (secondary N) is 1. The Morgan fingerprint density at radius 2 is 1.96 bits per heavy atom. The molecule has 134 valence electrons. The molecule has 0 spiro atoms. The summed E-state index contributed by atoms with van der Waals surface area (Å²) in [4.78, 5) is 12.4. The van der Waals surface area contributed by atoms with Crippen molar-refractivity contribution in [2.24, 2.45) is 7.05 Å². The largest absolute Gasteiger partial charge is 0.416 e. The molecule has 0 saturated heterocycles. The SMILES string of the molecule is Cn1nnnc1-c1cccc(C(=O)Nc2cc(C(F)(F)F)ccc2Cl)c1. The van der Waals surface area contributed by atoms with Crippen molar-refractivity contribution in [1.29, 1.82) is 0 Å². The van der Waals surface area contributed by atoms with Gasteiger partial charge in [0, 0.05) is 18.2 Å². The fraction of sp³-hybridized carbons (Fsp3) is 0.125. The molecule has 10 heteroatoms. The molecule has 0 aliphatic heterocycles. The zero-order valence-electron chi connectivity index (χ0n) is 13.3. The molecule has 3 aromatic rings. The summed E-state index contributed by atoms with van der Waals surface area (Å²) < 4.78 is 39.9. The van der Waals surface area contributed by atoms with Crippen LogP contribution in [0.5, 0.6) is 0 Å². The van der Waals surface area contributed by atoms with Gasteiger partial charge in [0.15, 0.2) is 5.82 Å². The molecule has 26 heavy (non-hydrogen) atoms. The first-order chi connectivity index (χ1) is 12.3. The molecule has 0 unspecified atom stereocenters. The number of tetrazole rings is 1. The van der Waals surface area contributed by atoms with Gasteiger partial charge < -0.3 is 5.32 Å². The zero-order valence-corrected chi connectivity index (χ0v) is 14.0. The number of aryl methyl sites for hydroxylation is 1. The first-order valence-electron chi connectivity index (χ1n) is 7.26. The molecular formula is C16H11ClF3N5O. The van der Waals surface area contributed by atoms with Gasteiger partial charge in [-0.15, -0.1) is 5.10 Å². The van der Waals surface area contributed by atoms with E-state index in [1.54, 1.807) is 19.2 Å². The monoisotopic (exact) mass is 381 g/mol. The minimum absolute atomic E-state index is 0.00000541. The predicted molar refractivity (Wildman–Crippen MR) is 88.6 cm³/mol. The van der Waals surface area contributed by atoms with Crippen LogP contribution in [0.4, 0.5) is 18.9 Å². The molecule has 1 aromatic heterocycles. The Kier molecular flexibility index (Phi) is 4.64. The van der Waals surface area contributed by atoms with Crippen LogP contribution in [0.3, 0.4) is 0 Å². The molecule has 0 atom stereocenters. The van der Waals surface area contributed by atoms with Crippen molar-refractivity contribution in [3.63, 3.8) is 0 Å². The zero-order chi connectivity index (χ0) is 18.9. The molecule has 0 bridgehead atoms. The highest BCUT2D eigenvalue weighted by Gasteiger charge is 2.31. The Bertz CT molecular complexity index is 971. The standard InChI is InChI=1S/C16H11ClF3N5O/c1-25-14(22-23-24-25)9-3-2-4-10(7-9)15(26)21-13-8-11(16(18,19)20)5-6-12(13)17/h2-8H,1H3,(H,21,26). The smallest absolute Gasteiger partial charge is 0.321 e. The second kappa shape index (κ2) is 6.75. The first-order valence-corrected chi connectivity index (χ1v) is 7.64. The van der Waals surface area contributed by atoms with Gasteiger partial charge in [0.25, 0.3) is 5.91 Å². The Morgan fingerprint density at radius 3 is 2.62 bits per heavy atom. The molecule has 0 fully saturated rings. The summed E-state index contributed by atoms with van der Waals surface area (Å²) in [6.45, 7) is 0. The maximum Gasteiger partial charge on any atom is 0.416 e. The molecule has 0 aliphatic carbocycles. The van der Waals surface area contributed by atoms with E-state index in [-0.39, 0.29) is 16.3 Å². The summed E-state index contributed by atoms with van der Waals surface area (Å²) in [6.07, 6.45) is -4.54. The normalized spacial score (nSPS) is 11.4. The van der Waals surface area contributed by atoms with Gasteiger partial charge in [-0.25, -0.2) is 4.68 Å². The van der Waals surface area contributed by atoms with Gasteiger partial charge >= 0.3 is 6.18 Å². The number of benzene rings is 2. The van der Waals surface area contributed by atoms with E-state index in [0.717, 1.165) is 18.2 Å². The van der Waals surface area contributed by atoms with E-state index >= 15 is 0 Å². The summed E-state index contributed by atoms with van der Waals surface area (Å²) in [7, 11) is 1.64. The van der Waals surface area contributed by atoms with Crippen molar-refractivity contribution >= 4 is 23.2 Å². The van der Waals surface area contributed by atoms with Crippen LogP contribution in [0.2, 0.25) is 5.02 Å². The maximum absolute atomic E-state index is 12.8. The average molecular weight is 382 g/mol. The van der Waals surface area contributed by atoms with Gasteiger partial charge in [-0.05, 0) is 40.8 Å². The first kappa shape index (κ1) is 17.9. The van der Waals surface area contributed by atoms with Crippen molar-refractivity contribution in [3.05, 3.63) is 58.6 Å². The van der Waals surface area contributed by atoms with E-state index in [1.165, 1.54) is 16.8 Å². The third-order valence-corrected chi connectivity index (χ3v) is 3.87. The second-order valence-corrected chi connectivity index (χ2v) is 5.76. The quantitative estimate of drug-likeness (QED) is 0.749. The van der Waals surface area contributed by atoms with E-state index in [9.17, 15) is 18.0 Å². The third kappa shape index (κ3) is 3.67. The van der Waals surface area contributed by atoms with Crippen molar-refractivity contribution in [2.45, 2.75) is 6.18 Å². The van der Waals surface area contributed by atoms with Crippen LogP contribution in [0, 0.1) is 0 Å². The van der Waals surface area contributed by atoms with E-state index in [4.69, 9.17) is 11.6 Å². The number of carbonyl (C=O) groups excluding carboxylic acids is 1. The lowest BCUT2D eigenvalue weighted by molar-refractivity contribution is -0.137. The van der Waals surface area contributed by atoms with Gasteiger partial charge in [0.05, 0.1) is 16.3 Å². The van der Waals surface area contributed by atoms with Crippen LogP contribution in [-0.2, 0) is 13.2 Å². The number of carbonyl (C=O) groups is 1. The van der Waals surface area contributed by atoms with Crippen LogP contribution in [0.1, 0.15) is 15.9 Å². The molecule has 1 heterocycles. The van der Waals surface area contributed by atoms with E-state index in [2.05, 4.69) is 20.8 Å². The van der Waals surface area contributed by atoms with Crippen molar-refractivity contribution < 1.29 is 18.0 Å². The van der Waals surface area contributed by atoms with Crippen molar-refractivity contribution in [1.82, 2.24) is 20.2 Å². The number of nitrogens with zero attached hydrogens (tertiary/aromatic N) is 4. The third-order valence-electron chi connectivity index (χ3n) is 3.54. The van der Waals surface area contributed by atoms with Gasteiger partial charge in [0.1, 0.15) is 0 Å². The summed E-state index contributed by atoms with van der Waals surface area (Å²) in [5.41, 5.74) is -0.229. The number of amides is 1. The minimum atomic E-state index is -4.54. The predicted octanol–water partition coefficient (Wildman–Crippen LogP) is 3.80. The number of alkyl halides is 3. The number of hydrogen-bond acceptors (Lipinski definition) is 4. The second-order valence-electron chi connectivity index (χ2n) is 5.35. The lowest BCUT2D eigenvalue weighted by Crippen LogP contribution is -2.14. The topological polar surface area (TPSA) is 72.7 Å². The Balaban J connectivity index is 1.89. The van der Waals surface area contributed by atoms with Crippen molar-refractivity contribution in [3.8, 4) is 11.4 Å². The van der Waals surface area contributed by atoms with E-state index in [0.29, 0.717) is 11.4 Å². The summed E-state index contributed by atoms with van der Waals surface area (Å²) >= 11 is 5.90. The van der Waals surface area contributed by atoms with E-state index in [1.807, 2.05) is 0 Å². The lowest BCUT2D eigenvalue weighted by atomic mass is 10.1. The van der Waals surface area contributed by atoms with Crippen LogP contribution >= 0.6 is 11.6 Å². The van der Waals surface area contributed by atoms with E-state index < -0.39 is 17.6 Å². The van der Waals surface area contributed by atoms with Crippen LogP contribution in [-0.4, -0.2) is 26.1 Å². The summed E-state index contributed by atoms with van der Waals surface area (Å²) in [6, 6.07) is 9.09. The fourth-order valence-electron chi connectivity index (χ4n) is 2.27. The molecule has 0 aliphatic rings. The molecule has 0 saturated carbocycles. The number of rotatable bonds is 3. The molecule has 6 nitrogen and oxygen atoms in total. The van der Waals surface area contributed by atoms with Gasteiger partial charge in [0.2, 0.25) is 0 Å². The van der Waals surface area contributed by atoms with Crippen LogP contribution in [0.25, 0.3) is 11.4 Å². The average Bonchev–Trinajstić information content (AvgIpc) is 3.02. The molecule has 1 amide bonds. The van der Waals surface area contributed by atoms with Crippen molar-refractivity contribution in [2.75, 3.05) is 5.32 Å². The number of aromatic nitrogens is 4. The number of hydrogen-bond donors (Lipinski definition) is 1. The van der Waals surface area contributed by atoms with Gasteiger partial charge in [-0.1, -0.05) is 23.7 Å². The highest BCUT2D eigenvalue weighted by atomic mass is 35.5. The summed E-state index contributed by atoms with van der Waals surface area (Å²) in [5, 5.41) is 13.5. The minimum Gasteiger partial charge on any atom is -0.321 e. The number of halogens is 4. The van der Waals surface area contributed by atoms with Crippen LogP contribution in [0.15, 0.2) is 42.5 Å². The van der Waals surface area contributed by atoms with Gasteiger partial charge in [-0.3, -0.25) is 4.79 Å². The number of anilines is 1. The van der Waals surface area contributed by atoms with Gasteiger partial charge in [-0.2, -0.15) is 13.2 Å². The molecule has 1 N–H and O–H groups in total.